The minimum Gasteiger partial charge on any atom is -0.429 e. The second kappa shape index (κ2) is 7.80. The summed E-state index contributed by atoms with van der Waals surface area (Å²) in [4.78, 5) is 12.9. The minimum absolute atomic E-state index is 0.305. The van der Waals surface area contributed by atoms with Crippen LogP contribution in [0.15, 0.2) is 75.5 Å². The van der Waals surface area contributed by atoms with E-state index in [-0.39, 0.29) is 5.82 Å². The molecule has 5 nitrogen and oxygen atoms in total. The molecular weight excluding hydrogens is 399 g/mol. The van der Waals surface area contributed by atoms with E-state index in [0.29, 0.717) is 43.5 Å². The number of hydrogen-bond donors (Lipinski definition) is 0. The Balaban J connectivity index is 1.78. The van der Waals surface area contributed by atoms with Crippen molar-refractivity contribution < 1.29 is 8.81 Å². The molecule has 0 N–H and O–H groups in total. The third kappa shape index (κ3) is 3.88. The summed E-state index contributed by atoms with van der Waals surface area (Å²) >= 11 is 7.18. The predicted molar refractivity (Wildman–Crippen MR) is 103 cm³/mol. The molecule has 1 aromatic carbocycles. The van der Waals surface area contributed by atoms with Crippen molar-refractivity contribution in [3.05, 3.63) is 77.5 Å². The molecular formula is C20H10ClFN4OS. The molecule has 0 fully saturated rings. The highest BCUT2D eigenvalue weighted by atomic mass is 35.5. The maximum atomic E-state index is 13.2. The van der Waals surface area contributed by atoms with Gasteiger partial charge in [0.15, 0.2) is 5.09 Å². The van der Waals surface area contributed by atoms with Gasteiger partial charge in [-0.15, -0.1) is 0 Å². The van der Waals surface area contributed by atoms with Crippen molar-refractivity contribution in [2.45, 2.75) is 10.1 Å². The Bertz CT molecular complexity index is 1150. The summed E-state index contributed by atoms with van der Waals surface area (Å²) in [6.45, 7) is 0. The molecule has 3 aromatic heterocycles. The number of oxazole rings is 1. The average molecular weight is 409 g/mol. The van der Waals surface area contributed by atoms with Gasteiger partial charge in [0.25, 0.3) is 0 Å². The van der Waals surface area contributed by atoms with Gasteiger partial charge >= 0.3 is 0 Å². The summed E-state index contributed by atoms with van der Waals surface area (Å²) in [7, 11) is 0. The van der Waals surface area contributed by atoms with Crippen LogP contribution in [0.5, 0.6) is 0 Å². The van der Waals surface area contributed by atoms with E-state index in [1.54, 1.807) is 48.8 Å². The zero-order valence-corrected chi connectivity index (χ0v) is 15.7. The van der Waals surface area contributed by atoms with Crippen molar-refractivity contribution in [1.29, 1.82) is 5.26 Å². The van der Waals surface area contributed by atoms with Crippen molar-refractivity contribution in [2.24, 2.45) is 0 Å². The summed E-state index contributed by atoms with van der Waals surface area (Å²) in [5, 5.41) is 10.7. The fourth-order valence-corrected chi connectivity index (χ4v) is 3.32. The Morgan fingerprint density at radius 1 is 0.964 bits per heavy atom. The van der Waals surface area contributed by atoms with Gasteiger partial charge in [-0.05, 0) is 60.3 Å². The molecule has 136 valence electrons. The van der Waals surface area contributed by atoms with Crippen LogP contribution in [0, 0.1) is 17.1 Å². The second-order valence-electron chi connectivity index (χ2n) is 5.62. The normalized spacial score (nSPS) is 10.6. The number of hydrogen-bond acceptors (Lipinski definition) is 6. The molecule has 0 spiro atoms. The van der Waals surface area contributed by atoms with Crippen molar-refractivity contribution >= 4 is 23.4 Å². The zero-order valence-electron chi connectivity index (χ0n) is 14.1. The number of pyridine rings is 2. The smallest absolute Gasteiger partial charge is 0.228 e. The molecule has 0 bridgehead atoms. The van der Waals surface area contributed by atoms with E-state index >= 15 is 0 Å². The van der Waals surface area contributed by atoms with E-state index in [1.807, 2.05) is 6.07 Å². The van der Waals surface area contributed by atoms with Crippen LogP contribution in [-0.2, 0) is 0 Å². The summed E-state index contributed by atoms with van der Waals surface area (Å²) in [6.07, 6.45) is 3.11. The van der Waals surface area contributed by atoms with Crippen LogP contribution in [0.3, 0.4) is 0 Å². The molecule has 0 amide bonds. The van der Waals surface area contributed by atoms with E-state index < -0.39 is 0 Å². The molecule has 0 aliphatic carbocycles. The van der Waals surface area contributed by atoms with Gasteiger partial charge in [0.2, 0.25) is 5.89 Å². The third-order valence-corrected chi connectivity index (χ3v) is 4.87. The van der Waals surface area contributed by atoms with Crippen molar-refractivity contribution in [2.75, 3.05) is 0 Å². The molecule has 28 heavy (non-hydrogen) atoms. The molecule has 4 aromatic rings. The molecule has 0 saturated heterocycles. The van der Waals surface area contributed by atoms with Gasteiger partial charge in [0.1, 0.15) is 28.3 Å². The average Bonchev–Trinajstić information content (AvgIpc) is 3.14. The summed E-state index contributed by atoms with van der Waals surface area (Å²) in [5.74, 6) is 0.00241. The standard InChI is InChI=1S/C20H10ClFN4OS/c21-14-4-8-17(25-11-14)28-20-18(13-3-7-16(9-23)24-10-13)26-19(27-20)12-1-5-15(22)6-2-12/h1-8,10-11H. The number of nitriles is 1. The minimum atomic E-state index is -0.341. The maximum absolute atomic E-state index is 13.2. The highest BCUT2D eigenvalue weighted by Crippen LogP contribution is 2.38. The monoisotopic (exact) mass is 408 g/mol. The quantitative estimate of drug-likeness (QED) is 0.436. The second-order valence-corrected chi connectivity index (χ2v) is 7.05. The zero-order chi connectivity index (χ0) is 19.5. The lowest BCUT2D eigenvalue weighted by atomic mass is 10.2. The van der Waals surface area contributed by atoms with Crippen molar-refractivity contribution in [1.82, 2.24) is 15.0 Å². The Labute approximate surface area is 168 Å². The molecule has 3 heterocycles. The van der Waals surface area contributed by atoms with Crippen LogP contribution < -0.4 is 0 Å². The van der Waals surface area contributed by atoms with Crippen LogP contribution in [0.2, 0.25) is 5.02 Å². The highest BCUT2D eigenvalue weighted by Gasteiger charge is 2.18. The summed E-state index contributed by atoms with van der Waals surface area (Å²) in [5.41, 5.74) is 2.19. The topological polar surface area (TPSA) is 75.6 Å². The van der Waals surface area contributed by atoms with Gasteiger partial charge in [0, 0.05) is 23.5 Å². The van der Waals surface area contributed by atoms with Crippen molar-refractivity contribution in [3.63, 3.8) is 0 Å². The molecule has 0 unspecified atom stereocenters. The Kier molecular flexibility index (Phi) is 5.06. The molecule has 8 heteroatoms. The molecule has 0 aliphatic heterocycles. The van der Waals surface area contributed by atoms with Gasteiger partial charge in [-0.3, -0.25) is 0 Å². The fraction of sp³-hybridized carbons (Fsp3) is 0. The first-order chi connectivity index (χ1) is 13.6. The van der Waals surface area contributed by atoms with Crippen LogP contribution in [0.1, 0.15) is 5.69 Å². The number of rotatable bonds is 4. The molecule has 0 radical (unpaired) electrons. The Morgan fingerprint density at radius 2 is 1.75 bits per heavy atom. The van der Waals surface area contributed by atoms with Crippen LogP contribution in [-0.4, -0.2) is 15.0 Å². The van der Waals surface area contributed by atoms with E-state index in [0.717, 1.165) is 0 Å². The molecule has 0 saturated carbocycles. The van der Waals surface area contributed by atoms with Gasteiger partial charge in [-0.1, -0.05) is 11.6 Å². The Hall–Kier alpha value is -3.21. The SMILES string of the molecule is N#Cc1ccc(-c2nc(-c3ccc(F)cc3)oc2Sc2ccc(Cl)cn2)cn1. The third-order valence-electron chi connectivity index (χ3n) is 3.74. The van der Waals surface area contributed by atoms with Gasteiger partial charge < -0.3 is 4.42 Å². The predicted octanol–water partition coefficient (Wildman–Crippen LogP) is 5.61. The van der Waals surface area contributed by atoms with Crippen LogP contribution in [0.4, 0.5) is 4.39 Å². The van der Waals surface area contributed by atoms with Crippen LogP contribution in [0.25, 0.3) is 22.7 Å². The summed E-state index contributed by atoms with van der Waals surface area (Å²) in [6, 6.07) is 14.7. The number of nitrogens with zero attached hydrogens (tertiary/aromatic N) is 4. The molecule has 4 rings (SSSR count). The highest BCUT2D eigenvalue weighted by molar-refractivity contribution is 7.99. The first-order valence-corrected chi connectivity index (χ1v) is 9.24. The van der Waals surface area contributed by atoms with Crippen LogP contribution >= 0.6 is 23.4 Å². The largest absolute Gasteiger partial charge is 0.429 e. The van der Waals surface area contributed by atoms with E-state index in [4.69, 9.17) is 21.3 Å². The number of benzene rings is 1. The number of halogens is 2. The maximum Gasteiger partial charge on any atom is 0.228 e. The summed E-state index contributed by atoms with van der Waals surface area (Å²) < 4.78 is 19.2. The molecule has 0 atom stereocenters. The van der Waals surface area contributed by atoms with E-state index in [2.05, 4.69) is 15.0 Å². The first kappa shape index (κ1) is 18.2. The van der Waals surface area contributed by atoms with Gasteiger partial charge in [-0.25, -0.2) is 19.3 Å². The van der Waals surface area contributed by atoms with Gasteiger partial charge in [0.05, 0.1) is 5.02 Å². The first-order valence-electron chi connectivity index (χ1n) is 8.05. The fourth-order valence-electron chi connectivity index (χ4n) is 2.39. The van der Waals surface area contributed by atoms with E-state index in [1.165, 1.54) is 23.9 Å². The number of aromatic nitrogens is 3. The Morgan fingerprint density at radius 3 is 2.39 bits per heavy atom. The van der Waals surface area contributed by atoms with Crippen molar-refractivity contribution in [3.8, 4) is 28.8 Å². The van der Waals surface area contributed by atoms with E-state index in [9.17, 15) is 4.39 Å². The lowest BCUT2D eigenvalue weighted by Crippen LogP contribution is -1.86. The van der Waals surface area contributed by atoms with Gasteiger partial charge in [-0.2, -0.15) is 5.26 Å². The lowest BCUT2D eigenvalue weighted by Gasteiger charge is -2.01. The lowest BCUT2D eigenvalue weighted by molar-refractivity contribution is 0.485. The molecule has 0 aliphatic rings.